The average molecular weight is 356 g/mol. The van der Waals surface area contributed by atoms with Crippen molar-refractivity contribution >= 4 is 0 Å². The van der Waals surface area contributed by atoms with E-state index in [0.29, 0.717) is 11.1 Å². The standard InChI is InChI=1S/C17H10F2N4O3/c18-12-5-1-10(2-6-12)15-20-14(26-22-15)9-23-17(24)25-16(21-23)11-3-7-13(19)8-4-11/h1-8H,9H2. The average Bonchev–Trinajstić information content (AvgIpc) is 3.24. The summed E-state index contributed by atoms with van der Waals surface area (Å²) >= 11 is 0. The Morgan fingerprint density at radius 2 is 1.54 bits per heavy atom. The van der Waals surface area contributed by atoms with Gasteiger partial charge in [0.05, 0.1) is 0 Å². The lowest BCUT2D eigenvalue weighted by Gasteiger charge is -1.94. The summed E-state index contributed by atoms with van der Waals surface area (Å²) in [6.45, 7) is -0.0995. The van der Waals surface area contributed by atoms with Gasteiger partial charge in [-0.1, -0.05) is 5.16 Å². The van der Waals surface area contributed by atoms with Crippen LogP contribution in [0.5, 0.6) is 0 Å². The Labute approximate surface area is 144 Å². The van der Waals surface area contributed by atoms with Gasteiger partial charge in [-0.3, -0.25) is 0 Å². The number of nitrogens with zero attached hydrogens (tertiary/aromatic N) is 4. The Hall–Kier alpha value is -3.62. The molecule has 0 fully saturated rings. The molecule has 2 aromatic heterocycles. The molecule has 0 radical (unpaired) electrons. The summed E-state index contributed by atoms with van der Waals surface area (Å²) in [7, 11) is 0. The molecule has 4 aromatic rings. The number of halogens is 2. The molecule has 0 spiro atoms. The highest BCUT2D eigenvalue weighted by atomic mass is 19.1. The quantitative estimate of drug-likeness (QED) is 0.559. The van der Waals surface area contributed by atoms with E-state index in [1.807, 2.05) is 0 Å². The maximum atomic E-state index is 13.0. The van der Waals surface area contributed by atoms with Gasteiger partial charge in [-0.05, 0) is 48.5 Å². The second-order valence-electron chi connectivity index (χ2n) is 5.36. The normalized spacial score (nSPS) is 11.0. The molecule has 9 heteroatoms. The highest BCUT2D eigenvalue weighted by Crippen LogP contribution is 2.18. The molecule has 0 atom stereocenters. The van der Waals surface area contributed by atoms with Crippen molar-refractivity contribution < 1.29 is 17.7 Å². The van der Waals surface area contributed by atoms with Crippen LogP contribution in [0.1, 0.15) is 5.89 Å². The van der Waals surface area contributed by atoms with Crippen LogP contribution in [-0.4, -0.2) is 19.9 Å². The second kappa shape index (κ2) is 6.36. The van der Waals surface area contributed by atoms with E-state index in [1.165, 1.54) is 48.5 Å². The number of rotatable bonds is 4. The molecule has 7 nitrogen and oxygen atoms in total. The molecule has 0 aliphatic rings. The molecule has 0 unspecified atom stereocenters. The van der Waals surface area contributed by atoms with E-state index in [4.69, 9.17) is 8.94 Å². The minimum Gasteiger partial charge on any atom is -0.388 e. The fourth-order valence-electron chi connectivity index (χ4n) is 2.28. The van der Waals surface area contributed by atoms with E-state index in [9.17, 15) is 13.6 Å². The molecule has 2 heterocycles. The van der Waals surface area contributed by atoms with E-state index in [-0.39, 0.29) is 30.0 Å². The molecule has 26 heavy (non-hydrogen) atoms. The van der Waals surface area contributed by atoms with E-state index in [0.717, 1.165) is 4.68 Å². The Morgan fingerprint density at radius 3 is 2.19 bits per heavy atom. The predicted octanol–water partition coefficient (Wildman–Crippen LogP) is 2.88. The summed E-state index contributed by atoms with van der Waals surface area (Å²) in [6, 6.07) is 11.0. The molecule has 0 aliphatic carbocycles. The highest BCUT2D eigenvalue weighted by molar-refractivity contribution is 5.54. The minimum absolute atomic E-state index is 0.0493. The Morgan fingerprint density at radius 1 is 0.923 bits per heavy atom. The summed E-state index contributed by atoms with van der Waals surface area (Å²) < 4.78 is 37.1. The molecular weight excluding hydrogens is 346 g/mol. The first-order valence-electron chi connectivity index (χ1n) is 7.51. The maximum Gasteiger partial charge on any atom is 0.437 e. The van der Waals surface area contributed by atoms with Crippen LogP contribution in [0.2, 0.25) is 0 Å². The van der Waals surface area contributed by atoms with Crippen molar-refractivity contribution in [3.8, 4) is 22.8 Å². The third-order valence-corrected chi connectivity index (χ3v) is 3.55. The second-order valence-corrected chi connectivity index (χ2v) is 5.36. The van der Waals surface area contributed by atoms with Crippen LogP contribution in [0.3, 0.4) is 0 Å². The molecule has 130 valence electrons. The van der Waals surface area contributed by atoms with Crippen molar-refractivity contribution in [1.29, 1.82) is 0 Å². The molecule has 0 N–H and O–H groups in total. The van der Waals surface area contributed by atoms with Crippen LogP contribution in [0.25, 0.3) is 22.8 Å². The van der Waals surface area contributed by atoms with Gasteiger partial charge in [0.25, 0.3) is 0 Å². The number of benzene rings is 2. The van der Waals surface area contributed by atoms with Gasteiger partial charge in [0, 0.05) is 11.1 Å². The van der Waals surface area contributed by atoms with E-state index in [1.54, 1.807) is 0 Å². The summed E-state index contributed by atoms with van der Waals surface area (Å²) in [5.41, 5.74) is 1.03. The molecule has 4 rings (SSSR count). The van der Waals surface area contributed by atoms with Gasteiger partial charge in [-0.2, -0.15) is 9.67 Å². The first kappa shape index (κ1) is 15.9. The Balaban J connectivity index is 1.57. The maximum absolute atomic E-state index is 13.0. The predicted molar refractivity (Wildman–Crippen MR) is 85.0 cm³/mol. The molecule has 2 aromatic carbocycles. The fraction of sp³-hybridized carbons (Fsp3) is 0.0588. The van der Waals surface area contributed by atoms with Crippen molar-refractivity contribution in [2.75, 3.05) is 0 Å². The summed E-state index contributed by atoms with van der Waals surface area (Å²) in [5, 5.41) is 7.83. The zero-order chi connectivity index (χ0) is 18.1. The van der Waals surface area contributed by atoms with Crippen LogP contribution < -0.4 is 5.76 Å². The fourth-order valence-corrected chi connectivity index (χ4v) is 2.28. The largest absolute Gasteiger partial charge is 0.437 e. The van der Waals surface area contributed by atoms with Crippen molar-refractivity contribution in [3.63, 3.8) is 0 Å². The lowest BCUT2D eigenvalue weighted by Crippen LogP contribution is -2.16. The van der Waals surface area contributed by atoms with Crippen LogP contribution in [-0.2, 0) is 6.54 Å². The van der Waals surface area contributed by atoms with Gasteiger partial charge in [-0.15, -0.1) is 5.10 Å². The lowest BCUT2D eigenvalue weighted by atomic mass is 10.2. The summed E-state index contributed by atoms with van der Waals surface area (Å²) in [6.07, 6.45) is 0. The molecule has 0 amide bonds. The zero-order valence-corrected chi connectivity index (χ0v) is 13.1. The SMILES string of the molecule is O=c1oc(-c2ccc(F)cc2)nn1Cc1nc(-c2ccc(F)cc2)no1. The van der Waals surface area contributed by atoms with Crippen LogP contribution >= 0.6 is 0 Å². The van der Waals surface area contributed by atoms with E-state index >= 15 is 0 Å². The van der Waals surface area contributed by atoms with Gasteiger partial charge < -0.3 is 8.94 Å². The Kier molecular flexibility index (Phi) is 3.88. The summed E-state index contributed by atoms with van der Waals surface area (Å²) in [4.78, 5) is 16.1. The monoisotopic (exact) mass is 356 g/mol. The minimum atomic E-state index is -0.717. The molecule has 0 saturated carbocycles. The molecule has 0 bridgehead atoms. The van der Waals surface area contributed by atoms with Crippen LogP contribution in [0.15, 0.2) is 62.3 Å². The van der Waals surface area contributed by atoms with E-state index < -0.39 is 11.6 Å². The third kappa shape index (κ3) is 3.14. The number of aromatic nitrogens is 4. The Bertz CT molecular complexity index is 1100. The van der Waals surface area contributed by atoms with Gasteiger partial charge in [-0.25, -0.2) is 13.6 Å². The zero-order valence-electron chi connectivity index (χ0n) is 13.1. The molecular formula is C17H10F2N4O3. The molecule has 0 saturated heterocycles. The van der Waals surface area contributed by atoms with E-state index in [2.05, 4.69) is 15.2 Å². The first-order valence-corrected chi connectivity index (χ1v) is 7.51. The first-order chi connectivity index (χ1) is 12.6. The van der Waals surface area contributed by atoms with Crippen molar-refractivity contribution in [2.45, 2.75) is 6.54 Å². The van der Waals surface area contributed by atoms with Crippen molar-refractivity contribution in [1.82, 2.24) is 19.9 Å². The summed E-state index contributed by atoms with van der Waals surface area (Å²) in [5.74, 6) is -1.06. The smallest absolute Gasteiger partial charge is 0.388 e. The van der Waals surface area contributed by atoms with Gasteiger partial charge in [0.15, 0.2) is 0 Å². The van der Waals surface area contributed by atoms with Crippen molar-refractivity contribution in [3.05, 3.63) is 76.6 Å². The van der Waals surface area contributed by atoms with Crippen molar-refractivity contribution in [2.24, 2.45) is 0 Å². The third-order valence-electron chi connectivity index (χ3n) is 3.55. The van der Waals surface area contributed by atoms with Crippen LogP contribution in [0.4, 0.5) is 8.78 Å². The van der Waals surface area contributed by atoms with Crippen LogP contribution in [0, 0.1) is 11.6 Å². The highest BCUT2D eigenvalue weighted by Gasteiger charge is 2.15. The molecule has 0 aliphatic heterocycles. The number of hydrogen-bond acceptors (Lipinski definition) is 6. The number of hydrogen-bond donors (Lipinski definition) is 0. The van der Waals surface area contributed by atoms with Gasteiger partial charge in [0.1, 0.15) is 18.2 Å². The lowest BCUT2D eigenvalue weighted by molar-refractivity contribution is 0.360. The topological polar surface area (TPSA) is 87.0 Å². The van der Waals surface area contributed by atoms with Gasteiger partial charge >= 0.3 is 5.76 Å². The van der Waals surface area contributed by atoms with Gasteiger partial charge in [0.2, 0.25) is 17.6 Å².